The summed E-state index contributed by atoms with van der Waals surface area (Å²) in [7, 11) is 7.01. The second-order valence-electron chi connectivity index (χ2n) is 6.38. The fourth-order valence-corrected chi connectivity index (χ4v) is 2.88. The Hall–Kier alpha value is -2.16. The predicted molar refractivity (Wildman–Crippen MR) is 129 cm³/mol. The van der Waals surface area contributed by atoms with E-state index in [4.69, 9.17) is 19.2 Å². The molecule has 7 heteroatoms. The number of methoxy groups -OCH3 is 3. The molecule has 0 saturated carbocycles. The first-order chi connectivity index (χ1) is 13.6. The molecule has 0 aliphatic heterocycles. The van der Waals surface area contributed by atoms with Gasteiger partial charge in [0.25, 0.3) is 0 Å². The number of rotatable bonds is 9. The van der Waals surface area contributed by atoms with Gasteiger partial charge in [0.1, 0.15) is 5.75 Å². The fourth-order valence-electron chi connectivity index (χ4n) is 2.88. The molecule has 0 atom stereocenters. The zero-order valence-corrected chi connectivity index (χ0v) is 20.2. The van der Waals surface area contributed by atoms with Crippen LogP contribution in [0.3, 0.4) is 0 Å². The molecule has 6 nitrogen and oxygen atoms in total. The molecule has 0 aromatic heterocycles. The van der Waals surface area contributed by atoms with Gasteiger partial charge in [-0.2, -0.15) is 0 Å². The molecule has 29 heavy (non-hydrogen) atoms. The van der Waals surface area contributed by atoms with Crippen molar-refractivity contribution in [2.24, 2.45) is 4.99 Å². The van der Waals surface area contributed by atoms with Crippen LogP contribution in [0, 0.1) is 0 Å². The molecule has 0 bridgehead atoms. The van der Waals surface area contributed by atoms with E-state index in [1.165, 1.54) is 5.56 Å². The van der Waals surface area contributed by atoms with Gasteiger partial charge in [-0.1, -0.05) is 18.2 Å². The molecule has 0 fully saturated rings. The number of hydrogen-bond acceptors (Lipinski definition) is 4. The fraction of sp³-hybridized carbons (Fsp3) is 0.409. The van der Waals surface area contributed by atoms with Crippen LogP contribution in [-0.2, 0) is 13.0 Å². The Morgan fingerprint density at radius 1 is 0.931 bits per heavy atom. The van der Waals surface area contributed by atoms with E-state index in [2.05, 4.69) is 29.3 Å². The van der Waals surface area contributed by atoms with Crippen molar-refractivity contribution in [3.63, 3.8) is 0 Å². The molecule has 160 valence electrons. The Labute approximate surface area is 191 Å². The minimum absolute atomic E-state index is 0. The van der Waals surface area contributed by atoms with Crippen LogP contribution in [0.4, 0.5) is 0 Å². The van der Waals surface area contributed by atoms with Crippen molar-refractivity contribution in [1.82, 2.24) is 10.2 Å². The number of hydrogen-bond donors (Lipinski definition) is 1. The van der Waals surface area contributed by atoms with E-state index in [0.29, 0.717) is 6.54 Å². The number of guanidine groups is 1. The van der Waals surface area contributed by atoms with Gasteiger partial charge in [-0.05, 0) is 48.7 Å². The largest absolute Gasteiger partial charge is 0.497 e. The quantitative estimate of drug-likeness (QED) is 0.313. The van der Waals surface area contributed by atoms with Crippen LogP contribution in [-0.4, -0.2) is 52.3 Å². The zero-order chi connectivity index (χ0) is 20.4. The van der Waals surface area contributed by atoms with Gasteiger partial charge in [-0.15, -0.1) is 24.0 Å². The predicted octanol–water partition coefficient (Wildman–Crippen LogP) is 3.97. The number of nitrogens with zero attached hydrogens (tertiary/aromatic N) is 2. The second-order valence-corrected chi connectivity index (χ2v) is 6.38. The third-order valence-corrected chi connectivity index (χ3v) is 4.39. The summed E-state index contributed by atoms with van der Waals surface area (Å²) in [4.78, 5) is 6.90. The van der Waals surface area contributed by atoms with Gasteiger partial charge in [-0.25, -0.2) is 0 Å². The first-order valence-corrected chi connectivity index (χ1v) is 9.44. The molecule has 0 unspecified atom stereocenters. The van der Waals surface area contributed by atoms with Gasteiger partial charge in [0, 0.05) is 26.7 Å². The average Bonchev–Trinajstić information content (AvgIpc) is 2.73. The smallest absolute Gasteiger partial charge is 0.193 e. The van der Waals surface area contributed by atoms with Crippen LogP contribution in [0.25, 0.3) is 0 Å². The van der Waals surface area contributed by atoms with Gasteiger partial charge >= 0.3 is 0 Å². The maximum absolute atomic E-state index is 5.37. The molecule has 0 spiro atoms. The van der Waals surface area contributed by atoms with Crippen molar-refractivity contribution in [1.29, 1.82) is 0 Å². The SMILES string of the molecule is CCNC(=NCCc1ccc(OC)c(OC)c1)N(C)Cc1ccc(OC)cc1.I. The lowest BCUT2D eigenvalue weighted by Gasteiger charge is -2.22. The number of benzene rings is 2. The van der Waals surface area contributed by atoms with Crippen LogP contribution < -0.4 is 19.5 Å². The summed E-state index contributed by atoms with van der Waals surface area (Å²) in [6.07, 6.45) is 0.825. The van der Waals surface area contributed by atoms with Crippen LogP contribution in [0.5, 0.6) is 17.2 Å². The van der Waals surface area contributed by atoms with Crippen molar-refractivity contribution in [3.8, 4) is 17.2 Å². The maximum atomic E-state index is 5.37. The summed E-state index contributed by atoms with van der Waals surface area (Å²) in [5.41, 5.74) is 2.36. The molecule has 1 N–H and O–H groups in total. The molecule has 0 saturated heterocycles. The van der Waals surface area contributed by atoms with Crippen molar-refractivity contribution >= 4 is 29.9 Å². The summed E-state index contributed by atoms with van der Waals surface area (Å²) in [6, 6.07) is 14.1. The van der Waals surface area contributed by atoms with E-state index >= 15 is 0 Å². The first-order valence-electron chi connectivity index (χ1n) is 9.44. The summed E-state index contributed by atoms with van der Waals surface area (Å²) < 4.78 is 15.9. The van der Waals surface area contributed by atoms with Crippen LogP contribution in [0.15, 0.2) is 47.5 Å². The number of aliphatic imine (C=N–C) groups is 1. The maximum Gasteiger partial charge on any atom is 0.193 e. The van der Waals surface area contributed by atoms with Crippen molar-refractivity contribution in [2.45, 2.75) is 19.9 Å². The number of nitrogens with one attached hydrogen (secondary N) is 1. The van der Waals surface area contributed by atoms with Crippen molar-refractivity contribution < 1.29 is 14.2 Å². The minimum Gasteiger partial charge on any atom is -0.497 e. The molecule has 2 aromatic rings. The molecular weight excluding hydrogens is 481 g/mol. The molecule has 0 heterocycles. The Bertz CT molecular complexity index is 766. The van der Waals surface area contributed by atoms with E-state index in [0.717, 1.165) is 48.3 Å². The topological polar surface area (TPSA) is 55.3 Å². The third-order valence-electron chi connectivity index (χ3n) is 4.39. The van der Waals surface area contributed by atoms with Crippen LogP contribution in [0.1, 0.15) is 18.1 Å². The van der Waals surface area contributed by atoms with Gasteiger partial charge in [0.15, 0.2) is 17.5 Å². The summed E-state index contributed by atoms with van der Waals surface area (Å²) in [6.45, 7) is 4.35. The van der Waals surface area contributed by atoms with Gasteiger partial charge < -0.3 is 24.4 Å². The minimum atomic E-state index is 0. The third kappa shape index (κ3) is 7.64. The molecule has 0 radical (unpaired) electrons. The van der Waals surface area contributed by atoms with Crippen molar-refractivity contribution in [2.75, 3.05) is 41.5 Å². The highest BCUT2D eigenvalue weighted by atomic mass is 127. The second kappa shape index (κ2) is 13.1. The molecule has 2 aromatic carbocycles. The number of halogens is 1. The van der Waals surface area contributed by atoms with E-state index in [-0.39, 0.29) is 24.0 Å². The summed E-state index contributed by atoms with van der Waals surface area (Å²) in [5.74, 6) is 3.23. The Kier molecular flexibility index (Phi) is 11.3. The van der Waals surface area contributed by atoms with E-state index < -0.39 is 0 Å². The van der Waals surface area contributed by atoms with Crippen molar-refractivity contribution in [3.05, 3.63) is 53.6 Å². The Morgan fingerprint density at radius 3 is 2.17 bits per heavy atom. The number of ether oxygens (including phenoxy) is 3. The molecule has 0 amide bonds. The highest BCUT2D eigenvalue weighted by Gasteiger charge is 2.08. The lowest BCUT2D eigenvalue weighted by molar-refractivity contribution is 0.354. The molecule has 0 aliphatic rings. The van der Waals surface area contributed by atoms with E-state index in [1.807, 2.05) is 37.4 Å². The van der Waals surface area contributed by atoms with Gasteiger partial charge in [-0.3, -0.25) is 4.99 Å². The van der Waals surface area contributed by atoms with E-state index in [1.54, 1.807) is 21.3 Å². The lowest BCUT2D eigenvalue weighted by atomic mass is 10.1. The first kappa shape index (κ1) is 24.9. The zero-order valence-electron chi connectivity index (χ0n) is 17.9. The average molecular weight is 513 g/mol. The van der Waals surface area contributed by atoms with Gasteiger partial charge in [0.05, 0.1) is 21.3 Å². The van der Waals surface area contributed by atoms with Gasteiger partial charge in [0.2, 0.25) is 0 Å². The van der Waals surface area contributed by atoms with E-state index in [9.17, 15) is 0 Å². The van der Waals surface area contributed by atoms with Crippen LogP contribution >= 0.6 is 24.0 Å². The summed E-state index contributed by atoms with van der Waals surface area (Å²) in [5, 5.41) is 3.36. The molecular formula is C22H32IN3O3. The highest BCUT2D eigenvalue weighted by Crippen LogP contribution is 2.27. The summed E-state index contributed by atoms with van der Waals surface area (Å²) >= 11 is 0. The van der Waals surface area contributed by atoms with Crippen LogP contribution in [0.2, 0.25) is 0 Å². The normalized spacial score (nSPS) is 10.7. The lowest BCUT2D eigenvalue weighted by Crippen LogP contribution is -2.38. The molecule has 0 aliphatic carbocycles. The standard InChI is InChI=1S/C22H31N3O3.HI/c1-6-23-22(25(2)16-18-7-10-19(26-3)11-8-18)24-14-13-17-9-12-20(27-4)21(15-17)28-5;/h7-12,15H,6,13-14,16H2,1-5H3,(H,23,24);1H. The molecule has 2 rings (SSSR count). The Morgan fingerprint density at radius 2 is 1.59 bits per heavy atom. The monoisotopic (exact) mass is 513 g/mol. The Balaban J connectivity index is 0.00000420. The highest BCUT2D eigenvalue weighted by molar-refractivity contribution is 14.0.